The van der Waals surface area contributed by atoms with Crippen LogP contribution in [-0.2, 0) is 10.0 Å². The molecule has 0 N–H and O–H groups in total. The second kappa shape index (κ2) is 10.7. The van der Waals surface area contributed by atoms with Crippen LogP contribution in [0.15, 0.2) is 41.3 Å². The van der Waals surface area contributed by atoms with Crippen LogP contribution in [0.5, 0.6) is 0 Å². The van der Waals surface area contributed by atoms with Crippen LogP contribution in [0.25, 0.3) is 10.2 Å². The van der Waals surface area contributed by atoms with Gasteiger partial charge < -0.3 is 4.90 Å². The summed E-state index contributed by atoms with van der Waals surface area (Å²) in [6.07, 6.45) is 3.64. The van der Waals surface area contributed by atoms with Gasteiger partial charge >= 0.3 is 0 Å². The molecule has 0 aliphatic carbocycles. The van der Waals surface area contributed by atoms with Gasteiger partial charge in [0.1, 0.15) is 0 Å². The predicted octanol–water partition coefficient (Wildman–Crippen LogP) is 4.69. The quantitative estimate of drug-likeness (QED) is 0.436. The summed E-state index contributed by atoms with van der Waals surface area (Å²) in [5.74, 6) is -0.167. The fraction of sp³-hybridized carbons (Fsp3) is 0.462. The van der Waals surface area contributed by atoms with Crippen LogP contribution >= 0.6 is 11.3 Å². The van der Waals surface area contributed by atoms with E-state index in [9.17, 15) is 13.2 Å². The molecule has 1 saturated heterocycles. The number of carbonyl (C=O) groups excluding carboxylic acids is 1. The topological polar surface area (TPSA) is 73.8 Å². The summed E-state index contributed by atoms with van der Waals surface area (Å²) in [5.41, 5.74) is 3.68. The van der Waals surface area contributed by atoms with Crippen LogP contribution in [0.1, 0.15) is 47.2 Å². The Morgan fingerprint density at radius 1 is 1.00 bits per heavy atom. The first-order valence-corrected chi connectivity index (χ1v) is 14.4. The van der Waals surface area contributed by atoms with Crippen molar-refractivity contribution in [2.24, 2.45) is 0 Å². The van der Waals surface area contributed by atoms with Crippen LogP contribution in [0, 0.1) is 13.8 Å². The largest absolute Gasteiger partial charge is 0.309 e. The smallest absolute Gasteiger partial charge is 0.260 e. The maximum Gasteiger partial charge on any atom is 0.260 e. The van der Waals surface area contributed by atoms with Crippen LogP contribution in [0.3, 0.4) is 0 Å². The van der Waals surface area contributed by atoms with Crippen LogP contribution in [-0.4, -0.2) is 68.8 Å². The zero-order valence-electron chi connectivity index (χ0n) is 21.0. The van der Waals surface area contributed by atoms with Gasteiger partial charge in [0, 0.05) is 25.2 Å². The minimum absolute atomic E-state index is 0.167. The molecule has 188 valence electrons. The molecule has 9 heteroatoms. The van der Waals surface area contributed by atoms with Gasteiger partial charge in [0.25, 0.3) is 5.91 Å². The summed E-state index contributed by atoms with van der Waals surface area (Å²) in [6.45, 7) is 6.61. The summed E-state index contributed by atoms with van der Waals surface area (Å²) in [6, 6.07) is 10.5. The van der Waals surface area contributed by atoms with E-state index in [1.54, 1.807) is 33.5 Å². The predicted molar refractivity (Wildman–Crippen MR) is 143 cm³/mol. The molecule has 0 bridgehead atoms. The lowest BCUT2D eigenvalue weighted by Crippen LogP contribution is -2.35. The molecule has 3 aromatic rings. The van der Waals surface area contributed by atoms with E-state index in [1.165, 1.54) is 16.9 Å². The zero-order valence-corrected chi connectivity index (χ0v) is 22.6. The van der Waals surface area contributed by atoms with E-state index in [0.717, 1.165) is 48.0 Å². The summed E-state index contributed by atoms with van der Waals surface area (Å²) in [5, 5.41) is 0.669. The second-order valence-electron chi connectivity index (χ2n) is 9.45. The second-order valence-corrected chi connectivity index (χ2v) is 12.4. The number of carbonyl (C=O) groups is 1. The molecule has 4 rings (SSSR count). The third-order valence-corrected chi connectivity index (χ3v) is 9.55. The van der Waals surface area contributed by atoms with E-state index in [1.807, 2.05) is 14.1 Å². The van der Waals surface area contributed by atoms with Crippen LogP contribution < -0.4 is 4.90 Å². The minimum Gasteiger partial charge on any atom is -0.309 e. The van der Waals surface area contributed by atoms with E-state index >= 15 is 0 Å². The monoisotopic (exact) mass is 514 g/mol. The average Bonchev–Trinajstić information content (AvgIpc) is 3.29. The van der Waals surface area contributed by atoms with Crippen molar-refractivity contribution < 1.29 is 13.2 Å². The first kappa shape index (κ1) is 25.8. The van der Waals surface area contributed by atoms with E-state index in [4.69, 9.17) is 4.98 Å². The first-order chi connectivity index (χ1) is 16.7. The molecular formula is C26H34N4O3S2. The standard InChI is InChI=1S/C26H34N4O3S2/c1-19-9-14-23-24(20(19)2)27-26(34-23)30(18-8-15-28(3)4)25(31)21-10-12-22(13-11-21)35(32,33)29-16-6-5-7-17-29/h9-14H,5-8,15-18H2,1-4H3. The Morgan fingerprint density at radius 2 is 1.69 bits per heavy atom. The molecular weight excluding hydrogens is 480 g/mol. The molecule has 1 aliphatic rings. The zero-order chi connectivity index (χ0) is 25.2. The normalized spacial score (nSPS) is 15.1. The van der Waals surface area contributed by atoms with Crippen molar-refractivity contribution in [1.29, 1.82) is 0 Å². The summed E-state index contributed by atoms with van der Waals surface area (Å²) < 4.78 is 28.6. The molecule has 1 amide bonds. The van der Waals surface area contributed by atoms with Crippen molar-refractivity contribution in [3.63, 3.8) is 0 Å². The molecule has 0 saturated carbocycles. The van der Waals surface area contributed by atoms with Crippen molar-refractivity contribution in [3.8, 4) is 0 Å². The van der Waals surface area contributed by atoms with Gasteiger partial charge in [0.2, 0.25) is 10.0 Å². The van der Waals surface area contributed by atoms with Crippen molar-refractivity contribution in [2.45, 2.75) is 44.4 Å². The molecule has 0 radical (unpaired) electrons. The van der Waals surface area contributed by atoms with Gasteiger partial charge in [-0.15, -0.1) is 0 Å². The molecule has 7 nitrogen and oxygen atoms in total. The minimum atomic E-state index is -3.53. The maximum atomic E-state index is 13.6. The van der Waals surface area contributed by atoms with Crippen molar-refractivity contribution >= 4 is 42.6 Å². The van der Waals surface area contributed by atoms with Gasteiger partial charge in [-0.25, -0.2) is 13.4 Å². The van der Waals surface area contributed by atoms with Crippen molar-refractivity contribution in [2.75, 3.05) is 45.2 Å². The van der Waals surface area contributed by atoms with Gasteiger partial charge in [-0.05, 0) is 95.2 Å². The van der Waals surface area contributed by atoms with Crippen molar-refractivity contribution in [1.82, 2.24) is 14.2 Å². The average molecular weight is 515 g/mol. The maximum absolute atomic E-state index is 13.6. The van der Waals surface area contributed by atoms with Crippen LogP contribution in [0.2, 0.25) is 0 Å². The number of piperidine rings is 1. The Balaban J connectivity index is 1.62. The Bertz CT molecular complexity index is 1290. The number of sulfonamides is 1. The molecule has 1 aliphatic heterocycles. The highest BCUT2D eigenvalue weighted by atomic mass is 32.2. The number of aryl methyl sites for hydroxylation is 2. The molecule has 2 heterocycles. The summed E-state index contributed by atoms with van der Waals surface area (Å²) in [4.78, 5) is 22.5. The van der Waals surface area contributed by atoms with E-state index in [2.05, 4.69) is 30.9 Å². The highest BCUT2D eigenvalue weighted by molar-refractivity contribution is 7.89. The molecule has 0 unspecified atom stereocenters. The number of aromatic nitrogens is 1. The van der Waals surface area contributed by atoms with Crippen LogP contribution in [0.4, 0.5) is 5.13 Å². The lowest BCUT2D eigenvalue weighted by molar-refractivity contribution is 0.0986. The SMILES string of the molecule is Cc1ccc2sc(N(CCCN(C)C)C(=O)c3ccc(S(=O)(=O)N4CCCCC4)cc3)nc2c1C. The van der Waals surface area contributed by atoms with E-state index < -0.39 is 10.0 Å². The van der Waals surface area contributed by atoms with E-state index in [0.29, 0.717) is 30.3 Å². The van der Waals surface area contributed by atoms with Gasteiger partial charge in [0.15, 0.2) is 5.13 Å². The summed E-state index contributed by atoms with van der Waals surface area (Å²) >= 11 is 1.51. The number of anilines is 1. The third-order valence-electron chi connectivity index (χ3n) is 6.59. The number of fused-ring (bicyclic) bond motifs is 1. The Kier molecular flexibility index (Phi) is 7.90. The summed E-state index contributed by atoms with van der Waals surface area (Å²) in [7, 11) is 0.489. The highest BCUT2D eigenvalue weighted by Crippen LogP contribution is 2.33. The molecule has 1 fully saturated rings. The number of hydrogen-bond donors (Lipinski definition) is 0. The first-order valence-electron chi connectivity index (χ1n) is 12.1. The number of hydrogen-bond acceptors (Lipinski definition) is 6. The van der Waals surface area contributed by atoms with Gasteiger partial charge in [0.05, 0.1) is 15.1 Å². The molecule has 0 spiro atoms. The fourth-order valence-electron chi connectivity index (χ4n) is 4.34. The lowest BCUT2D eigenvalue weighted by atomic mass is 10.1. The molecule has 0 atom stereocenters. The number of thiazole rings is 1. The van der Waals surface area contributed by atoms with Gasteiger partial charge in [-0.1, -0.05) is 23.8 Å². The number of rotatable bonds is 8. The third kappa shape index (κ3) is 5.58. The fourth-order valence-corrected chi connectivity index (χ4v) is 6.91. The van der Waals surface area contributed by atoms with Crippen molar-refractivity contribution in [3.05, 3.63) is 53.1 Å². The molecule has 35 heavy (non-hydrogen) atoms. The molecule has 2 aromatic carbocycles. The Morgan fingerprint density at radius 3 is 2.34 bits per heavy atom. The van der Waals surface area contributed by atoms with E-state index in [-0.39, 0.29) is 10.8 Å². The number of benzene rings is 2. The Hall–Kier alpha value is -2.33. The van der Waals surface area contributed by atoms with Gasteiger partial charge in [-0.3, -0.25) is 9.69 Å². The van der Waals surface area contributed by atoms with Gasteiger partial charge in [-0.2, -0.15) is 4.31 Å². The lowest BCUT2D eigenvalue weighted by Gasteiger charge is -2.26. The molecule has 1 aromatic heterocycles. The number of nitrogens with zero attached hydrogens (tertiary/aromatic N) is 4. The number of amides is 1. The highest BCUT2D eigenvalue weighted by Gasteiger charge is 2.27. The Labute approximate surface area is 212 Å².